The molecule has 0 aliphatic heterocycles. The van der Waals surface area contributed by atoms with Gasteiger partial charge in [-0.25, -0.2) is 4.98 Å². The average Bonchev–Trinajstić information content (AvgIpc) is 2.79. The fraction of sp³-hybridized carbons (Fsp3) is 0.333. The number of thioether (sulfide) groups is 1. The lowest BCUT2D eigenvalue weighted by atomic mass is 10.1. The Kier molecular flexibility index (Phi) is 4.49. The van der Waals surface area contributed by atoms with Crippen LogP contribution in [-0.4, -0.2) is 20.7 Å². The molecule has 1 heterocycles. The van der Waals surface area contributed by atoms with Crippen LogP contribution in [0.1, 0.15) is 18.1 Å². The molecule has 2 rings (SSSR count). The smallest absolute Gasteiger partial charge is 0.237 e. The van der Waals surface area contributed by atoms with Crippen molar-refractivity contribution in [1.82, 2.24) is 9.55 Å². The highest BCUT2D eigenvalue weighted by Crippen LogP contribution is 2.22. The molecule has 4 nitrogen and oxygen atoms in total. The summed E-state index contributed by atoms with van der Waals surface area (Å²) in [5.41, 5.74) is 3.23. The molecular formula is C15H19N3OS. The van der Waals surface area contributed by atoms with E-state index in [1.165, 1.54) is 22.9 Å². The molecule has 0 fully saturated rings. The maximum atomic E-state index is 12.2. The largest absolute Gasteiger partial charge is 0.329 e. The first-order chi connectivity index (χ1) is 9.47. The molecule has 20 heavy (non-hydrogen) atoms. The first-order valence-electron chi connectivity index (χ1n) is 6.49. The number of benzene rings is 1. The molecule has 1 aromatic heterocycles. The van der Waals surface area contributed by atoms with Gasteiger partial charge in [-0.2, -0.15) is 0 Å². The number of hydrogen-bond acceptors (Lipinski definition) is 3. The van der Waals surface area contributed by atoms with E-state index in [0.717, 1.165) is 10.8 Å². The van der Waals surface area contributed by atoms with E-state index in [1.807, 2.05) is 49.9 Å². The van der Waals surface area contributed by atoms with E-state index < -0.39 is 0 Å². The fourth-order valence-corrected chi connectivity index (χ4v) is 2.57. The minimum absolute atomic E-state index is 0.0127. The summed E-state index contributed by atoms with van der Waals surface area (Å²) in [6.45, 7) is 5.98. The topological polar surface area (TPSA) is 46.9 Å². The number of rotatable bonds is 4. The molecule has 2 aromatic rings. The van der Waals surface area contributed by atoms with Crippen LogP contribution < -0.4 is 5.32 Å². The summed E-state index contributed by atoms with van der Waals surface area (Å²) in [5, 5.41) is 3.59. The normalized spacial score (nSPS) is 12.2. The number of carbonyl (C=O) groups is 1. The number of aromatic nitrogens is 2. The number of imidazole rings is 1. The third kappa shape index (κ3) is 3.42. The highest BCUT2D eigenvalue weighted by Gasteiger charge is 2.16. The number of aryl methyl sites for hydroxylation is 3. The Hall–Kier alpha value is -1.75. The van der Waals surface area contributed by atoms with Crippen molar-refractivity contribution >= 4 is 23.4 Å². The third-order valence-corrected chi connectivity index (χ3v) is 4.37. The van der Waals surface area contributed by atoms with Gasteiger partial charge in [-0.3, -0.25) is 4.79 Å². The molecular weight excluding hydrogens is 270 g/mol. The third-order valence-electron chi connectivity index (χ3n) is 3.20. The van der Waals surface area contributed by atoms with Gasteiger partial charge in [-0.05, 0) is 44.0 Å². The van der Waals surface area contributed by atoms with Gasteiger partial charge < -0.3 is 9.88 Å². The zero-order valence-electron chi connectivity index (χ0n) is 12.2. The Bertz CT molecular complexity index is 621. The van der Waals surface area contributed by atoms with Crippen molar-refractivity contribution in [3.05, 3.63) is 41.7 Å². The molecule has 0 radical (unpaired) electrons. The summed E-state index contributed by atoms with van der Waals surface area (Å²) in [6, 6.07) is 5.94. The highest BCUT2D eigenvalue weighted by atomic mass is 32.2. The summed E-state index contributed by atoms with van der Waals surface area (Å²) >= 11 is 1.45. The molecule has 0 spiro atoms. The number of nitrogens with zero attached hydrogens (tertiary/aromatic N) is 2. The second-order valence-corrected chi connectivity index (χ2v) is 6.18. The van der Waals surface area contributed by atoms with Crippen molar-refractivity contribution in [2.24, 2.45) is 7.05 Å². The zero-order chi connectivity index (χ0) is 14.7. The molecule has 106 valence electrons. The first-order valence-corrected chi connectivity index (χ1v) is 7.37. The molecule has 1 amide bonds. The Balaban J connectivity index is 2.00. The van der Waals surface area contributed by atoms with Gasteiger partial charge in [0, 0.05) is 25.1 Å². The van der Waals surface area contributed by atoms with Gasteiger partial charge in [0.05, 0.1) is 5.25 Å². The summed E-state index contributed by atoms with van der Waals surface area (Å²) in [7, 11) is 1.92. The Labute approximate surface area is 123 Å². The summed E-state index contributed by atoms with van der Waals surface area (Å²) in [5.74, 6) is -0.0127. The standard InChI is InChI=1S/C15H19N3OS/c1-10-5-6-13(9-11(10)2)17-14(19)12(3)20-15-16-7-8-18(15)4/h5-9,12H,1-4H3,(H,17,19). The van der Waals surface area contributed by atoms with Gasteiger partial charge in [-0.15, -0.1) is 0 Å². The van der Waals surface area contributed by atoms with Crippen molar-refractivity contribution < 1.29 is 4.79 Å². The quantitative estimate of drug-likeness (QED) is 0.880. The van der Waals surface area contributed by atoms with Gasteiger partial charge in [0.15, 0.2) is 5.16 Å². The molecule has 0 saturated heterocycles. The fourth-order valence-electron chi connectivity index (χ4n) is 1.74. The van der Waals surface area contributed by atoms with Gasteiger partial charge in [0.1, 0.15) is 0 Å². The molecule has 5 heteroatoms. The molecule has 1 unspecified atom stereocenters. The number of amides is 1. The lowest BCUT2D eigenvalue weighted by molar-refractivity contribution is -0.115. The van der Waals surface area contributed by atoms with Gasteiger partial charge in [0.25, 0.3) is 0 Å². The van der Waals surface area contributed by atoms with Crippen molar-refractivity contribution in [3.8, 4) is 0 Å². The van der Waals surface area contributed by atoms with Crippen LogP contribution in [0.5, 0.6) is 0 Å². The molecule has 1 aromatic carbocycles. The van der Waals surface area contributed by atoms with Gasteiger partial charge >= 0.3 is 0 Å². The van der Waals surface area contributed by atoms with E-state index in [-0.39, 0.29) is 11.2 Å². The van der Waals surface area contributed by atoms with E-state index in [1.54, 1.807) is 6.20 Å². The van der Waals surface area contributed by atoms with Crippen molar-refractivity contribution in [3.63, 3.8) is 0 Å². The molecule has 0 aliphatic carbocycles. The van der Waals surface area contributed by atoms with Crippen molar-refractivity contribution in [2.45, 2.75) is 31.2 Å². The minimum Gasteiger partial charge on any atom is -0.329 e. The predicted octanol–water partition coefficient (Wildman–Crippen LogP) is 3.16. The summed E-state index contributed by atoms with van der Waals surface area (Å²) < 4.78 is 1.91. The van der Waals surface area contributed by atoms with Crippen LogP contribution in [0.2, 0.25) is 0 Å². The van der Waals surface area contributed by atoms with E-state index in [0.29, 0.717) is 0 Å². The van der Waals surface area contributed by atoms with E-state index in [2.05, 4.69) is 17.2 Å². The van der Waals surface area contributed by atoms with Crippen molar-refractivity contribution in [2.75, 3.05) is 5.32 Å². The van der Waals surface area contributed by atoms with Crippen LogP contribution in [0, 0.1) is 13.8 Å². The minimum atomic E-state index is -0.197. The number of nitrogens with one attached hydrogen (secondary N) is 1. The zero-order valence-corrected chi connectivity index (χ0v) is 13.0. The van der Waals surface area contributed by atoms with Gasteiger partial charge in [0.2, 0.25) is 5.91 Å². The van der Waals surface area contributed by atoms with Crippen LogP contribution in [-0.2, 0) is 11.8 Å². The molecule has 0 bridgehead atoms. The van der Waals surface area contributed by atoms with Crippen LogP contribution >= 0.6 is 11.8 Å². The van der Waals surface area contributed by atoms with Crippen LogP contribution in [0.25, 0.3) is 0 Å². The van der Waals surface area contributed by atoms with Crippen LogP contribution in [0.4, 0.5) is 5.69 Å². The maximum Gasteiger partial charge on any atom is 0.237 e. The predicted molar refractivity (Wildman–Crippen MR) is 83.1 cm³/mol. The molecule has 0 saturated carbocycles. The summed E-state index contributed by atoms with van der Waals surface area (Å²) in [4.78, 5) is 16.4. The Morgan fingerprint density at radius 2 is 2.10 bits per heavy atom. The Morgan fingerprint density at radius 1 is 1.35 bits per heavy atom. The van der Waals surface area contributed by atoms with Crippen LogP contribution in [0.3, 0.4) is 0 Å². The van der Waals surface area contributed by atoms with E-state index >= 15 is 0 Å². The Morgan fingerprint density at radius 3 is 2.70 bits per heavy atom. The molecule has 1 N–H and O–H groups in total. The van der Waals surface area contributed by atoms with Gasteiger partial charge in [-0.1, -0.05) is 17.8 Å². The number of anilines is 1. The average molecular weight is 289 g/mol. The molecule has 0 aliphatic rings. The monoisotopic (exact) mass is 289 g/mol. The van der Waals surface area contributed by atoms with E-state index in [4.69, 9.17) is 0 Å². The second-order valence-electron chi connectivity index (χ2n) is 4.87. The number of hydrogen-bond donors (Lipinski definition) is 1. The highest BCUT2D eigenvalue weighted by molar-refractivity contribution is 8.00. The SMILES string of the molecule is Cc1ccc(NC(=O)C(C)Sc2nccn2C)cc1C. The maximum absolute atomic E-state index is 12.2. The lowest BCUT2D eigenvalue weighted by Gasteiger charge is -2.12. The first kappa shape index (κ1) is 14.7. The van der Waals surface area contributed by atoms with Crippen LogP contribution in [0.15, 0.2) is 35.7 Å². The second kappa shape index (κ2) is 6.13. The summed E-state index contributed by atoms with van der Waals surface area (Å²) in [6.07, 6.45) is 3.60. The molecule has 1 atom stereocenters. The number of carbonyl (C=O) groups excluding carboxylic acids is 1. The lowest BCUT2D eigenvalue weighted by Crippen LogP contribution is -2.22. The van der Waals surface area contributed by atoms with E-state index in [9.17, 15) is 4.79 Å². The van der Waals surface area contributed by atoms with Crippen molar-refractivity contribution in [1.29, 1.82) is 0 Å².